The van der Waals surface area contributed by atoms with Gasteiger partial charge in [-0.3, -0.25) is 9.10 Å². The maximum Gasteiger partial charge on any atom is 0.264 e. The first-order valence-corrected chi connectivity index (χ1v) is 13.8. The van der Waals surface area contributed by atoms with E-state index in [1.807, 2.05) is 58.0 Å². The van der Waals surface area contributed by atoms with Gasteiger partial charge >= 0.3 is 0 Å². The molecule has 1 amide bonds. The molecule has 3 aromatic carbocycles. The zero-order chi connectivity index (χ0) is 26.3. The Morgan fingerprint density at radius 2 is 1.64 bits per heavy atom. The van der Waals surface area contributed by atoms with Crippen LogP contribution in [0.4, 0.5) is 5.69 Å². The lowest BCUT2D eigenvalue weighted by Crippen LogP contribution is -2.41. The van der Waals surface area contributed by atoms with Crippen LogP contribution in [0.2, 0.25) is 5.02 Å². The molecule has 0 aromatic heterocycles. The van der Waals surface area contributed by atoms with E-state index in [2.05, 4.69) is 5.32 Å². The summed E-state index contributed by atoms with van der Waals surface area (Å²) in [6.45, 7) is 7.94. The molecule has 0 aliphatic heterocycles. The van der Waals surface area contributed by atoms with E-state index in [0.29, 0.717) is 17.3 Å². The molecule has 1 N–H and O–H groups in total. The Morgan fingerprint density at radius 1 is 0.972 bits per heavy atom. The molecule has 0 bridgehead atoms. The highest BCUT2D eigenvalue weighted by molar-refractivity contribution is 7.92. The Bertz CT molecular complexity index is 1270. The third kappa shape index (κ3) is 7.48. The lowest BCUT2D eigenvalue weighted by Gasteiger charge is -2.25. The first-order valence-electron chi connectivity index (χ1n) is 11.9. The minimum Gasteiger partial charge on any atom is -0.491 e. The van der Waals surface area contributed by atoms with Gasteiger partial charge in [0.2, 0.25) is 5.91 Å². The normalized spacial score (nSPS) is 11.4. The van der Waals surface area contributed by atoms with Crippen molar-refractivity contribution in [2.24, 2.45) is 0 Å². The molecule has 0 heterocycles. The zero-order valence-corrected chi connectivity index (χ0v) is 22.7. The Labute approximate surface area is 219 Å². The molecule has 0 aliphatic rings. The minimum atomic E-state index is -3.98. The molecular weight excluding hydrogens is 496 g/mol. The van der Waals surface area contributed by atoms with Crippen LogP contribution in [0.15, 0.2) is 71.6 Å². The quantitative estimate of drug-likeness (QED) is 0.324. The summed E-state index contributed by atoms with van der Waals surface area (Å²) in [5, 5.41) is 3.30. The summed E-state index contributed by atoms with van der Waals surface area (Å²) >= 11 is 5.94. The predicted octanol–water partition coefficient (Wildman–Crippen LogP) is 5.69. The first-order chi connectivity index (χ1) is 17.1. The second kappa shape index (κ2) is 12.3. The Hall–Kier alpha value is -3.03. The fourth-order valence-corrected chi connectivity index (χ4v) is 5.18. The standard InChI is InChI=1S/C28H33ClN2O4S/c1-20(2)35-26-13-8-23(9-14-26)6-5-17-30-28(32)19-31(25-12-7-21(3)22(4)18-25)36(33,34)27-15-10-24(29)11-16-27/h7-16,18,20H,5-6,17,19H2,1-4H3,(H,30,32). The second-order valence-corrected chi connectivity index (χ2v) is 11.3. The van der Waals surface area contributed by atoms with E-state index >= 15 is 0 Å². The molecule has 0 atom stereocenters. The average Bonchev–Trinajstić information content (AvgIpc) is 2.83. The summed E-state index contributed by atoms with van der Waals surface area (Å²) in [5.41, 5.74) is 3.55. The summed E-state index contributed by atoms with van der Waals surface area (Å²) in [7, 11) is -3.98. The highest BCUT2D eigenvalue weighted by atomic mass is 35.5. The van der Waals surface area contributed by atoms with E-state index in [1.165, 1.54) is 24.3 Å². The number of hydrogen-bond donors (Lipinski definition) is 1. The molecule has 0 saturated heterocycles. The number of aryl methyl sites for hydroxylation is 3. The second-order valence-electron chi connectivity index (χ2n) is 9.00. The SMILES string of the molecule is Cc1ccc(N(CC(=O)NCCCc2ccc(OC(C)C)cc2)S(=O)(=O)c2ccc(Cl)cc2)cc1C. The van der Waals surface area contributed by atoms with E-state index in [-0.39, 0.29) is 23.5 Å². The molecule has 0 fully saturated rings. The third-order valence-electron chi connectivity index (χ3n) is 5.73. The van der Waals surface area contributed by atoms with Crippen LogP contribution in [0.3, 0.4) is 0 Å². The molecule has 6 nitrogen and oxygen atoms in total. The fraction of sp³-hybridized carbons (Fsp3) is 0.321. The zero-order valence-electron chi connectivity index (χ0n) is 21.1. The largest absolute Gasteiger partial charge is 0.491 e. The maximum atomic E-state index is 13.5. The maximum absolute atomic E-state index is 13.5. The number of nitrogens with zero attached hydrogens (tertiary/aromatic N) is 1. The summed E-state index contributed by atoms with van der Waals surface area (Å²) in [6, 6.07) is 19.2. The van der Waals surface area contributed by atoms with E-state index in [1.54, 1.807) is 12.1 Å². The number of carbonyl (C=O) groups is 1. The van der Waals surface area contributed by atoms with Gasteiger partial charge in [0.05, 0.1) is 16.7 Å². The van der Waals surface area contributed by atoms with Crippen molar-refractivity contribution in [3.63, 3.8) is 0 Å². The number of anilines is 1. The highest BCUT2D eigenvalue weighted by Gasteiger charge is 2.27. The van der Waals surface area contributed by atoms with Crippen molar-refractivity contribution in [2.75, 3.05) is 17.4 Å². The van der Waals surface area contributed by atoms with E-state index in [9.17, 15) is 13.2 Å². The van der Waals surface area contributed by atoms with Gasteiger partial charge in [-0.1, -0.05) is 29.8 Å². The molecule has 3 aromatic rings. The summed E-state index contributed by atoms with van der Waals surface area (Å²) in [5.74, 6) is 0.460. The van der Waals surface area contributed by atoms with Gasteiger partial charge < -0.3 is 10.1 Å². The van der Waals surface area contributed by atoms with Gasteiger partial charge in [-0.25, -0.2) is 8.42 Å². The molecule has 8 heteroatoms. The number of hydrogen-bond acceptors (Lipinski definition) is 4. The monoisotopic (exact) mass is 528 g/mol. The average molecular weight is 529 g/mol. The molecule has 0 spiro atoms. The van der Waals surface area contributed by atoms with Gasteiger partial charge in [0.15, 0.2) is 0 Å². The topological polar surface area (TPSA) is 75.7 Å². The van der Waals surface area contributed by atoms with E-state index in [4.69, 9.17) is 16.3 Å². The van der Waals surface area contributed by atoms with Crippen LogP contribution in [0, 0.1) is 13.8 Å². The minimum absolute atomic E-state index is 0.0721. The number of nitrogens with one attached hydrogen (secondary N) is 1. The van der Waals surface area contributed by atoms with Crippen LogP contribution in [-0.4, -0.2) is 33.5 Å². The van der Waals surface area contributed by atoms with Gasteiger partial charge in [0, 0.05) is 11.6 Å². The van der Waals surface area contributed by atoms with Crippen LogP contribution >= 0.6 is 11.6 Å². The van der Waals surface area contributed by atoms with Crippen molar-refractivity contribution < 1.29 is 17.9 Å². The van der Waals surface area contributed by atoms with Crippen molar-refractivity contribution >= 4 is 33.2 Å². The molecule has 192 valence electrons. The van der Waals surface area contributed by atoms with Crippen molar-refractivity contribution in [3.05, 3.63) is 88.4 Å². The number of ether oxygens (including phenoxy) is 1. The van der Waals surface area contributed by atoms with Crippen LogP contribution in [0.25, 0.3) is 0 Å². The Kier molecular flexibility index (Phi) is 9.40. The van der Waals surface area contributed by atoms with Gasteiger partial charge in [0.1, 0.15) is 12.3 Å². The van der Waals surface area contributed by atoms with Crippen molar-refractivity contribution in [1.82, 2.24) is 5.32 Å². The smallest absolute Gasteiger partial charge is 0.264 e. The van der Waals surface area contributed by atoms with Crippen LogP contribution < -0.4 is 14.4 Å². The third-order valence-corrected chi connectivity index (χ3v) is 7.77. The van der Waals surface area contributed by atoms with Crippen LogP contribution in [-0.2, 0) is 21.2 Å². The summed E-state index contributed by atoms with van der Waals surface area (Å²) in [4.78, 5) is 12.9. The van der Waals surface area contributed by atoms with Crippen LogP contribution in [0.5, 0.6) is 5.75 Å². The van der Waals surface area contributed by atoms with Gasteiger partial charge in [-0.2, -0.15) is 0 Å². The Morgan fingerprint density at radius 3 is 2.25 bits per heavy atom. The molecular formula is C28H33ClN2O4S. The number of rotatable bonds is 11. The predicted molar refractivity (Wildman–Crippen MR) is 145 cm³/mol. The molecule has 0 unspecified atom stereocenters. The van der Waals surface area contributed by atoms with Crippen LogP contribution in [0.1, 0.15) is 37.0 Å². The number of amides is 1. The van der Waals surface area contributed by atoms with E-state index < -0.39 is 10.0 Å². The summed E-state index contributed by atoms with van der Waals surface area (Å²) < 4.78 is 33.8. The lowest BCUT2D eigenvalue weighted by atomic mass is 10.1. The van der Waals surface area contributed by atoms with Crippen molar-refractivity contribution in [1.29, 1.82) is 0 Å². The number of halogens is 1. The fourth-order valence-electron chi connectivity index (χ4n) is 3.64. The number of sulfonamides is 1. The van der Waals surface area contributed by atoms with Crippen molar-refractivity contribution in [3.8, 4) is 5.75 Å². The summed E-state index contributed by atoms with van der Waals surface area (Å²) in [6.07, 6.45) is 1.63. The van der Waals surface area contributed by atoms with Crippen molar-refractivity contribution in [2.45, 2.75) is 51.5 Å². The number of carbonyl (C=O) groups excluding carboxylic acids is 1. The first kappa shape index (κ1) is 27.6. The molecule has 36 heavy (non-hydrogen) atoms. The van der Waals surface area contributed by atoms with Gasteiger partial charge in [0.25, 0.3) is 10.0 Å². The Balaban J connectivity index is 1.66. The van der Waals surface area contributed by atoms with Gasteiger partial charge in [-0.05, 0) is 106 Å². The van der Waals surface area contributed by atoms with E-state index in [0.717, 1.165) is 39.6 Å². The number of benzene rings is 3. The molecule has 3 rings (SSSR count). The van der Waals surface area contributed by atoms with Gasteiger partial charge in [-0.15, -0.1) is 0 Å². The lowest BCUT2D eigenvalue weighted by molar-refractivity contribution is -0.119. The molecule has 0 aliphatic carbocycles. The molecule has 0 saturated carbocycles. The highest BCUT2D eigenvalue weighted by Crippen LogP contribution is 2.26. The molecule has 0 radical (unpaired) electrons.